The molecule has 176 valence electrons. The fraction of sp³-hybridized carbons (Fsp3) is 0.308. The third kappa shape index (κ3) is 4.92. The second kappa shape index (κ2) is 9.46. The van der Waals surface area contributed by atoms with Crippen molar-refractivity contribution in [3.8, 4) is 11.5 Å². The molecule has 0 spiro atoms. The van der Waals surface area contributed by atoms with E-state index >= 15 is 0 Å². The molecule has 0 N–H and O–H groups in total. The van der Waals surface area contributed by atoms with Gasteiger partial charge in [0.05, 0.1) is 6.54 Å². The summed E-state index contributed by atoms with van der Waals surface area (Å²) in [7, 11) is 0. The SMILES string of the molecule is Cc1ccsc1CN(Cc1ccc(F)cc1)C(=O)CN(C(=O)c1ccc2c(c1)OCO2)C1CC1. The summed E-state index contributed by atoms with van der Waals surface area (Å²) in [5.74, 6) is 0.507. The van der Waals surface area contributed by atoms with Crippen molar-refractivity contribution in [3.05, 3.63) is 81.3 Å². The number of aryl methyl sites for hydroxylation is 1. The summed E-state index contributed by atoms with van der Waals surface area (Å²) >= 11 is 1.60. The van der Waals surface area contributed by atoms with Gasteiger partial charge in [-0.3, -0.25) is 9.59 Å². The second-order valence-corrected chi connectivity index (χ2v) is 9.64. The second-order valence-electron chi connectivity index (χ2n) is 8.64. The predicted octanol–water partition coefficient (Wildman–Crippen LogP) is 4.76. The average molecular weight is 481 g/mol. The molecule has 1 aromatic heterocycles. The Labute approximate surface area is 201 Å². The van der Waals surface area contributed by atoms with Crippen LogP contribution in [0.2, 0.25) is 0 Å². The van der Waals surface area contributed by atoms with Crippen molar-refractivity contribution in [2.24, 2.45) is 0 Å². The fourth-order valence-electron chi connectivity index (χ4n) is 3.98. The quantitative estimate of drug-likeness (QED) is 0.467. The van der Waals surface area contributed by atoms with Gasteiger partial charge in [-0.05, 0) is 72.7 Å². The highest BCUT2D eigenvalue weighted by atomic mass is 32.1. The van der Waals surface area contributed by atoms with Crippen molar-refractivity contribution in [1.82, 2.24) is 9.80 Å². The summed E-state index contributed by atoms with van der Waals surface area (Å²) < 4.78 is 24.2. The largest absolute Gasteiger partial charge is 0.454 e. The van der Waals surface area contributed by atoms with E-state index in [0.29, 0.717) is 30.2 Å². The van der Waals surface area contributed by atoms with Crippen LogP contribution in [0.15, 0.2) is 53.9 Å². The average Bonchev–Trinajstić information content (AvgIpc) is 3.43. The minimum absolute atomic E-state index is 0.0104. The number of carbonyl (C=O) groups excluding carboxylic acids is 2. The van der Waals surface area contributed by atoms with Crippen molar-refractivity contribution in [1.29, 1.82) is 0 Å². The van der Waals surface area contributed by atoms with E-state index < -0.39 is 0 Å². The Kier molecular flexibility index (Phi) is 6.24. The molecule has 3 aromatic rings. The van der Waals surface area contributed by atoms with Crippen LogP contribution in [0.4, 0.5) is 4.39 Å². The number of fused-ring (bicyclic) bond motifs is 1. The lowest BCUT2D eigenvalue weighted by atomic mass is 10.1. The summed E-state index contributed by atoms with van der Waals surface area (Å²) in [5.41, 5.74) is 2.43. The molecular formula is C26H25FN2O4S. The Morgan fingerprint density at radius 3 is 2.50 bits per heavy atom. The Balaban J connectivity index is 1.36. The lowest BCUT2D eigenvalue weighted by Gasteiger charge is -2.28. The molecule has 0 radical (unpaired) electrons. The van der Waals surface area contributed by atoms with Crippen molar-refractivity contribution in [2.45, 2.75) is 38.9 Å². The lowest BCUT2D eigenvalue weighted by Crippen LogP contribution is -2.43. The maximum atomic E-state index is 13.5. The number of carbonyl (C=O) groups is 2. The molecule has 2 amide bonds. The maximum absolute atomic E-state index is 13.5. The van der Waals surface area contributed by atoms with Gasteiger partial charge in [-0.25, -0.2) is 4.39 Å². The van der Waals surface area contributed by atoms with Crippen molar-refractivity contribution >= 4 is 23.2 Å². The Morgan fingerprint density at radius 2 is 1.79 bits per heavy atom. The van der Waals surface area contributed by atoms with E-state index in [-0.39, 0.29) is 37.0 Å². The van der Waals surface area contributed by atoms with Gasteiger partial charge in [-0.1, -0.05) is 12.1 Å². The predicted molar refractivity (Wildman–Crippen MR) is 126 cm³/mol. The van der Waals surface area contributed by atoms with Crippen LogP contribution < -0.4 is 9.47 Å². The zero-order valence-electron chi connectivity index (χ0n) is 18.8. The van der Waals surface area contributed by atoms with Gasteiger partial charge in [-0.15, -0.1) is 11.3 Å². The van der Waals surface area contributed by atoms with Gasteiger partial charge in [0.1, 0.15) is 12.4 Å². The molecule has 1 fully saturated rings. The number of hydrogen-bond acceptors (Lipinski definition) is 5. The number of thiophene rings is 1. The minimum atomic E-state index is -0.315. The molecular weight excluding hydrogens is 455 g/mol. The topological polar surface area (TPSA) is 59.1 Å². The van der Waals surface area contributed by atoms with Crippen LogP contribution in [0.5, 0.6) is 11.5 Å². The summed E-state index contributed by atoms with van der Waals surface area (Å²) in [6.45, 7) is 2.93. The molecule has 0 unspecified atom stereocenters. The van der Waals surface area contributed by atoms with E-state index in [2.05, 4.69) is 0 Å². The first-order valence-corrected chi connectivity index (χ1v) is 12.1. The third-order valence-electron chi connectivity index (χ3n) is 6.12. The van der Waals surface area contributed by atoms with Crippen LogP contribution in [0.1, 0.15) is 39.2 Å². The number of rotatable bonds is 8. The van der Waals surface area contributed by atoms with E-state index in [1.54, 1.807) is 51.5 Å². The van der Waals surface area contributed by atoms with Crippen molar-refractivity contribution in [3.63, 3.8) is 0 Å². The van der Waals surface area contributed by atoms with Gasteiger partial charge in [0.2, 0.25) is 12.7 Å². The standard InChI is InChI=1S/C26H25FN2O4S/c1-17-10-11-34-24(17)14-28(13-18-2-5-20(27)6-3-18)25(30)15-29(21-7-8-21)26(31)19-4-9-22-23(12-19)33-16-32-22/h2-6,9-12,21H,7-8,13-16H2,1H3. The number of hydrogen-bond donors (Lipinski definition) is 0. The first-order chi connectivity index (χ1) is 16.5. The van der Waals surface area contributed by atoms with Crippen molar-refractivity contribution < 1.29 is 23.5 Å². The third-order valence-corrected chi connectivity index (χ3v) is 7.12. The molecule has 2 aromatic carbocycles. The summed E-state index contributed by atoms with van der Waals surface area (Å²) in [5, 5.41) is 2.00. The number of amides is 2. The number of halogens is 1. The zero-order valence-corrected chi connectivity index (χ0v) is 19.6. The molecule has 0 atom stereocenters. The van der Waals surface area contributed by atoms with Crippen LogP contribution in [0, 0.1) is 12.7 Å². The molecule has 0 saturated heterocycles. The Morgan fingerprint density at radius 1 is 1.03 bits per heavy atom. The zero-order chi connectivity index (χ0) is 23.7. The molecule has 0 bridgehead atoms. The van der Waals surface area contributed by atoms with Gasteiger partial charge in [0.15, 0.2) is 11.5 Å². The highest BCUT2D eigenvalue weighted by Gasteiger charge is 2.36. The van der Waals surface area contributed by atoms with Gasteiger partial charge in [0.25, 0.3) is 5.91 Å². The van der Waals surface area contributed by atoms with Gasteiger partial charge >= 0.3 is 0 Å². The fourth-order valence-corrected chi connectivity index (χ4v) is 4.90. The molecule has 1 aliphatic heterocycles. The van der Waals surface area contributed by atoms with Gasteiger partial charge in [-0.2, -0.15) is 0 Å². The summed E-state index contributed by atoms with van der Waals surface area (Å²) in [6, 6.07) is 13.4. The lowest BCUT2D eigenvalue weighted by molar-refractivity contribution is -0.133. The highest BCUT2D eigenvalue weighted by molar-refractivity contribution is 7.10. The monoisotopic (exact) mass is 480 g/mol. The molecule has 2 heterocycles. The Bertz CT molecular complexity index is 1210. The van der Waals surface area contributed by atoms with Crippen LogP contribution >= 0.6 is 11.3 Å². The number of nitrogens with zero attached hydrogens (tertiary/aromatic N) is 2. The van der Waals surface area contributed by atoms with Gasteiger partial charge in [0, 0.05) is 23.0 Å². The van der Waals surface area contributed by atoms with E-state index in [9.17, 15) is 14.0 Å². The van der Waals surface area contributed by atoms with Crippen LogP contribution in [-0.4, -0.2) is 41.0 Å². The van der Waals surface area contributed by atoms with E-state index in [4.69, 9.17) is 9.47 Å². The van der Waals surface area contributed by atoms with Crippen LogP contribution in [0.25, 0.3) is 0 Å². The Hall–Kier alpha value is -3.39. The van der Waals surface area contributed by atoms with E-state index in [1.165, 1.54) is 12.1 Å². The molecule has 34 heavy (non-hydrogen) atoms. The highest BCUT2D eigenvalue weighted by Crippen LogP contribution is 2.34. The molecule has 6 nitrogen and oxygen atoms in total. The maximum Gasteiger partial charge on any atom is 0.254 e. The molecule has 8 heteroatoms. The van der Waals surface area contributed by atoms with E-state index in [1.807, 2.05) is 18.4 Å². The minimum Gasteiger partial charge on any atom is -0.454 e. The molecule has 2 aliphatic rings. The number of ether oxygens (including phenoxy) is 2. The van der Waals surface area contributed by atoms with Gasteiger partial charge < -0.3 is 19.3 Å². The summed E-state index contributed by atoms with van der Waals surface area (Å²) in [6.07, 6.45) is 1.76. The number of benzene rings is 2. The first kappa shape index (κ1) is 22.4. The van der Waals surface area contributed by atoms with Crippen LogP contribution in [-0.2, 0) is 17.9 Å². The van der Waals surface area contributed by atoms with Crippen LogP contribution in [0.3, 0.4) is 0 Å². The smallest absolute Gasteiger partial charge is 0.254 e. The van der Waals surface area contributed by atoms with Crippen molar-refractivity contribution in [2.75, 3.05) is 13.3 Å². The van der Waals surface area contributed by atoms with E-state index in [0.717, 1.165) is 28.8 Å². The molecule has 1 saturated carbocycles. The first-order valence-electron chi connectivity index (χ1n) is 11.2. The normalized spacial score (nSPS) is 14.2. The molecule has 5 rings (SSSR count). The molecule has 1 aliphatic carbocycles. The summed E-state index contributed by atoms with van der Waals surface area (Å²) in [4.78, 5) is 31.4.